The van der Waals surface area contributed by atoms with Gasteiger partial charge in [0.25, 0.3) is 0 Å². The topological polar surface area (TPSA) is 58.3 Å². The van der Waals surface area contributed by atoms with Crippen molar-refractivity contribution >= 4 is 17.4 Å². The van der Waals surface area contributed by atoms with E-state index in [0.29, 0.717) is 23.3 Å². The van der Waals surface area contributed by atoms with E-state index in [-0.39, 0.29) is 0 Å². The van der Waals surface area contributed by atoms with Crippen LogP contribution in [-0.4, -0.2) is 46.3 Å². The minimum atomic E-state index is 0.465. The molecule has 7 heteroatoms. The number of hydrogen-bond donors (Lipinski definition) is 0. The summed E-state index contributed by atoms with van der Waals surface area (Å²) in [5.41, 5.74) is 0.767. The molecule has 1 aliphatic heterocycles. The molecule has 25 heavy (non-hydrogen) atoms. The van der Waals surface area contributed by atoms with Gasteiger partial charge in [-0.1, -0.05) is 29.8 Å². The molecule has 0 atom stereocenters. The van der Waals surface area contributed by atoms with Gasteiger partial charge in [0.2, 0.25) is 11.8 Å². The third kappa shape index (κ3) is 3.65. The van der Waals surface area contributed by atoms with E-state index in [2.05, 4.69) is 25.0 Å². The molecule has 0 unspecified atom stereocenters. The Kier molecular flexibility index (Phi) is 4.63. The smallest absolute Gasteiger partial charge is 0.249 e. The zero-order chi connectivity index (χ0) is 17.1. The van der Waals surface area contributed by atoms with Crippen LogP contribution in [0.4, 0.5) is 5.82 Å². The number of hydrogen-bond acceptors (Lipinski definition) is 6. The SMILES string of the molecule is Clc1ccccc1-c1nnc(CN2CCN(c3ccccn3)CC2)o1. The number of halogens is 1. The number of aromatic nitrogens is 3. The predicted molar refractivity (Wildman–Crippen MR) is 96.5 cm³/mol. The number of rotatable bonds is 4. The van der Waals surface area contributed by atoms with Gasteiger partial charge in [0.1, 0.15) is 5.82 Å². The largest absolute Gasteiger partial charge is 0.419 e. The first kappa shape index (κ1) is 16.1. The number of pyridine rings is 1. The molecule has 3 heterocycles. The maximum atomic E-state index is 6.18. The van der Waals surface area contributed by atoms with E-state index in [9.17, 15) is 0 Å². The van der Waals surface area contributed by atoms with Crippen LogP contribution in [0.25, 0.3) is 11.5 Å². The van der Waals surface area contributed by atoms with Crippen LogP contribution in [0.2, 0.25) is 5.02 Å². The maximum Gasteiger partial charge on any atom is 0.249 e. The predicted octanol–water partition coefficient (Wildman–Crippen LogP) is 3.11. The Morgan fingerprint density at radius 1 is 0.960 bits per heavy atom. The van der Waals surface area contributed by atoms with E-state index in [1.165, 1.54) is 0 Å². The quantitative estimate of drug-likeness (QED) is 0.716. The molecule has 0 saturated carbocycles. The third-order valence-corrected chi connectivity index (χ3v) is 4.61. The molecule has 0 N–H and O–H groups in total. The minimum absolute atomic E-state index is 0.465. The molecule has 6 nitrogen and oxygen atoms in total. The first-order chi connectivity index (χ1) is 12.3. The summed E-state index contributed by atoms with van der Waals surface area (Å²) in [4.78, 5) is 9.01. The van der Waals surface area contributed by atoms with Crippen LogP contribution in [0, 0.1) is 0 Å². The van der Waals surface area contributed by atoms with Crippen molar-refractivity contribution in [3.05, 3.63) is 59.6 Å². The van der Waals surface area contributed by atoms with E-state index in [0.717, 1.165) is 37.6 Å². The van der Waals surface area contributed by atoms with Gasteiger partial charge in [0.05, 0.1) is 17.1 Å². The second-order valence-electron chi connectivity index (χ2n) is 5.93. The molecule has 0 bridgehead atoms. The van der Waals surface area contributed by atoms with Gasteiger partial charge in [-0.25, -0.2) is 4.98 Å². The van der Waals surface area contributed by atoms with E-state index in [1.54, 1.807) is 0 Å². The van der Waals surface area contributed by atoms with Crippen LogP contribution in [-0.2, 0) is 6.54 Å². The van der Waals surface area contributed by atoms with Crippen molar-refractivity contribution in [3.63, 3.8) is 0 Å². The van der Waals surface area contributed by atoms with Gasteiger partial charge in [-0.05, 0) is 24.3 Å². The van der Waals surface area contributed by atoms with Crippen LogP contribution in [0.3, 0.4) is 0 Å². The second kappa shape index (κ2) is 7.21. The number of benzene rings is 1. The van der Waals surface area contributed by atoms with E-state index < -0.39 is 0 Å². The van der Waals surface area contributed by atoms with Gasteiger partial charge in [-0.2, -0.15) is 0 Å². The fourth-order valence-corrected chi connectivity index (χ4v) is 3.14. The summed E-state index contributed by atoms with van der Waals surface area (Å²) in [5.74, 6) is 2.11. The van der Waals surface area contributed by atoms with E-state index in [4.69, 9.17) is 16.0 Å². The molecule has 0 amide bonds. The van der Waals surface area contributed by atoms with E-state index >= 15 is 0 Å². The van der Waals surface area contributed by atoms with Crippen molar-refractivity contribution in [2.45, 2.75) is 6.54 Å². The van der Waals surface area contributed by atoms with Crippen molar-refractivity contribution in [1.82, 2.24) is 20.1 Å². The van der Waals surface area contributed by atoms with Crippen LogP contribution in [0.1, 0.15) is 5.89 Å². The van der Waals surface area contributed by atoms with Gasteiger partial charge in [-0.15, -0.1) is 10.2 Å². The average molecular weight is 356 g/mol. The summed E-state index contributed by atoms with van der Waals surface area (Å²) in [6.45, 7) is 4.37. The van der Waals surface area contributed by atoms with Crippen LogP contribution in [0.15, 0.2) is 53.1 Å². The minimum Gasteiger partial charge on any atom is -0.419 e. The average Bonchev–Trinajstić information content (AvgIpc) is 3.12. The molecule has 128 valence electrons. The second-order valence-corrected chi connectivity index (χ2v) is 6.34. The highest BCUT2D eigenvalue weighted by atomic mass is 35.5. The van der Waals surface area contributed by atoms with Crippen LogP contribution >= 0.6 is 11.6 Å². The summed E-state index contributed by atoms with van der Waals surface area (Å²) >= 11 is 6.18. The molecule has 4 rings (SSSR count). The highest BCUT2D eigenvalue weighted by molar-refractivity contribution is 6.33. The molecule has 3 aromatic rings. The summed E-state index contributed by atoms with van der Waals surface area (Å²) in [5, 5.41) is 8.90. The number of anilines is 1. The Balaban J connectivity index is 1.37. The lowest BCUT2D eigenvalue weighted by Gasteiger charge is -2.34. The summed E-state index contributed by atoms with van der Waals surface area (Å²) < 4.78 is 5.79. The zero-order valence-electron chi connectivity index (χ0n) is 13.7. The van der Waals surface area contributed by atoms with Gasteiger partial charge >= 0.3 is 0 Å². The highest BCUT2D eigenvalue weighted by Gasteiger charge is 2.20. The Labute approximate surface area is 151 Å². The lowest BCUT2D eigenvalue weighted by molar-refractivity contribution is 0.226. The van der Waals surface area contributed by atoms with Gasteiger partial charge in [-0.3, -0.25) is 4.90 Å². The Morgan fingerprint density at radius 2 is 1.76 bits per heavy atom. The molecule has 0 radical (unpaired) electrons. The molecular weight excluding hydrogens is 338 g/mol. The first-order valence-corrected chi connectivity index (χ1v) is 8.63. The molecular formula is C18H18ClN5O. The van der Waals surface area contributed by atoms with E-state index in [1.807, 2.05) is 48.7 Å². The van der Waals surface area contributed by atoms with Crippen LogP contribution < -0.4 is 4.90 Å². The maximum absolute atomic E-state index is 6.18. The fourth-order valence-electron chi connectivity index (χ4n) is 2.93. The molecule has 1 aliphatic rings. The Morgan fingerprint density at radius 3 is 2.52 bits per heavy atom. The molecule has 1 aromatic carbocycles. The van der Waals surface area contributed by atoms with Gasteiger partial charge in [0, 0.05) is 32.4 Å². The molecule has 2 aromatic heterocycles. The summed E-state index contributed by atoms with van der Waals surface area (Å²) in [6, 6.07) is 13.5. The Hall–Kier alpha value is -2.44. The standard InChI is InChI=1S/C18H18ClN5O/c19-15-6-2-1-5-14(15)18-22-21-17(25-18)13-23-9-11-24(12-10-23)16-7-3-4-8-20-16/h1-8H,9-13H2. The first-order valence-electron chi connectivity index (χ1n) is 8.25. The van der Waals surface area contributed by atoms with Crippen molar-refractivity contribution in [3.8, 4) is 11.5 Å². The molecule has 1 fully saturated rings. The van der Waals surface area contributed by atoms with Gasteiger partial charge in [0.15, 0.2) is 0 Å². The Bertz CT molecular complexity index is 830. The zero-order valence-corrected chi connectivity index (χ0v) is 14.4. The van der Waals surface area contributed by atoms with Crippen molar-refractivity contribution in [1.29, 1.82) is 0 Å². The van der Waals surface area contributed by atoms with Crippen molar-refractivity contribution in [2.75, 3.05) is 31.1 Å². The van der Waals surface area contributed by atoms with Crippen molar-refractivity contribution in [2.24, 2.45) is 0 Å². The number of nitrogens with zero attached hydrogens (tertiary/aromatic N) is 5. The molecule has 0 aliphatic carbocycles. The summed E-state index contributed by atoms with van der Waals surface area (Å²) in [6.07, 6.45) is 1.83. The van der Waals surface area contributed by atoms with Crippen molar-refractivity contribution < 1.29 is 4.42 Å². The fraction of sp³-hybridized carbons (Fsp3) is 0.278. The normalized spacial score (nSPS) is 15.5. The van der Waals surface area contributed by atoms with Gasteiger partial charge < -0.3 is 9.32 Å². The molecule has 0 spiro atoms. The molecule has 1 saturated heterocycles. The number of piperazine rings is 1. The third-order valence-electron chi connectivity index (χ3n) is 4.28. The lowest BCUT2D eigenvalue weighted by atomic mass is 10.2. The summed E-state index contributed by atoms with van der Waals surface area (Å²) in [7, 11) is 0. The highest BCUT2D eigenvalue weighted by Crippen LogP contribution is 2.26. The lowest BCUT2D eigenvalue weighted by Crippen LogP contribution is -2.46. The van der Waals surface area contributed by atoms with Crippen LogP contribution in [0.5, 0.6) is 0 Å². The monoisotopic (exact) mass is 355 g/mol.